The van der Waals surface area contributed by atoms with Crippen molar-refractivity contribution >= 4 is 15.9 Å². The third-order valence-electron chi connectivity index (χ3n) is 4.45. The molecule has 146 valence electrons. The van der Waals surface area contributed by atoms with Gasteiger partial charge in [-0.25, -0.2) is 8.42 Å². The highest BCUT2D eigenvalue weighted by Crippen LogP contribution is 2.22. The Morgan fingerprint density at radius 1 is 1.27 bits per heavy atom. The van der Waals surface area contributed by atoms with Crippen molar-refractivity contribution in [2.24, 2.45) is 0 Å². The molecule has 1 amide bonds. The SMILES string of the molecule is CCCC(C)(C)NC(=O)c1cccc(S(=O)(=O)N2CC(C)OC(C)C2)c1. The summed E-state index contributed by atoms with van der Waals surface area (Å²) in [4.78, 5) is 12.7. The third kappa shape index (κ3) is 5.05. The zero-order valence-corrected chi connectivity index (χ0v) is 17.1. The van der Waals surface area contributed by atoms with Crippen molar-refractivity contribution in [2.45, 2.75) is 70.1 Å². The highest BCUT2D eigenvalue weighted by Gasteiger charge is 2.32. The quantitative estimate of drug-likeness (QED) is 0.821. The van der Waals surface area contributed by atoms with Crippen LogP contribution in [0.3, 0.4) is 0 Å². The van der Waals surface area contributed by atoms with Crippen molar-refractivity contribution in [2.75, 3.05) is 13.1 Å². The van der Waals surface area contributed by atoms with Crippen molar-refractivity contribution in [3.05, 3.63) is 29.8 Å². The molecule has 1 heterocycles. The van der Waals surface area contributed by atoms with Crippen LogP contribution in [0.2, 0.25) is 0 Å². The first-order valence-corrected chi connectivity index (χ1v) is 10.6. The van der Waals surface area contributed by atoms with Gasteiger partial charge in [-0.05, 0) is 52.3 Å². The minimum atomic E-state index is -3.66. The van der Waals surface area contributed by atoms with Crippen molar-refractivity contribution in [3.63, 3.8) is 0 Å². The first-order valence-electron chi connectivity index (χ1n) is 9.13. The van der Waals surface area contributed by atoms with Gasteiger partial charge < -0.3 is 10.1 Å². The van der Waals surface area contributed by atoms with Gasteiger partial charge in [0, 0.05) is 24.2 Å². The molecular weight excluding hydrogens is 352 g/mol. The Bertz CT molecular complexity index is 736. The largest absolute Gasteiger partial charge is 0.373 e. The van der Waals surface area contributed by atoms with Gasteiger partial charge in [0.1, 0.15) is 0 Å². The number of hydrogen-bond acceptors (Lipinski definition) is 4. The van der Waals surface area contributed by atoms with Crippen molar-refractivity contribution < 1.29 is 17.9 Å². The number of ether oxygens (including phenoxy) is 1. The van der Waals surface area contributed by atoms with Crippen LogP contribution in [-0.2, 0) is 14.8 Å². The normalized spacial score (nSPS) is 22.2. The number of morpholine rings is 1. The monoisotopic (exact) mass is 382 g/mol. The lowest BCUT2D eigenvalue weighted by Crippen LogP contribution is -2.48. The number of nitrogens with zero attached hydrogens (tertiary/aromatic N) is 1. The summed E-state index contributed by atoms with van der Waals surface area (Å²) in [7, 11) is -3.66. The van der Waals surface area contributed by atoms with Crippen LogP contribution >= 0.6 is 0 Å². The maximum absolute atomic E-state index is 13.0. The summed E-state index contributed by atoms with van der Waals surface area (Å²) in [6.45, 7) is 10.3. The lowest BCUT2D eigenvalue weighted by Gasteiger charge is -2.34. The van der Waals surface area contributed by atoms with E-state index in [2.05, 4.69) is 12.2 Å². The summed E-state index contributed by atoms with van der Waals surface area (Å²) in [6.07, 6.45) is 1.49. The molecule has 1 saturated heterocycles. The summed E-state index contributed by atoms with van der Waals surface area (Å²) in [6, 6.07) is 6.24. The molecule has 0 aromatic heterocycles. The second kappa shape index (κ2) is 8.06. The van der Waals surface area contributed by atoms with E-state index < -0.39 is 10.0 Å². The van der Waals surface area contributed by atoms with Gasteiger partial charge in [-0.2, -0.15) is 4.31 Å². The standard InChI is InChI=1S/C19H30N2O4S/c1-6-10-19(4,5)20-18(22)16-8-7-9-17(11-16)26(23,24)21-12-14(2)25-15(3)13-21/h7-9,11,14-15H,6,10,12-13H2,1-5H3,(H,20,22). The summed E-state index contributed by atoms with van der Waals surface area (Å²) >= 11 is 0. The van der Waals surface area contributed by atoms with E-state index in [-0.39, 0.29) is 28.5 Å². The molecule has 0 aliphatic carbocycles. The summed E-state index contributed by atoms with van der Waals surface area (Å²) in [5, 5.41) is 2.98. The first kappa shape index (κ1) is 20.9. The van der Waals surface area contributed by atoms with E-state index in [0.29, 0.717) is 18.7 Å². The Labute approximate surface area is 157 Å². The smallest absolute Gasteiger partial charge is 0.251 e. The van der Waals surface area contributed by atoms with Crippen molar-refractivity contribution in [1.29, 1.82) is 0 Å². The van der Waals surface area contributed by atoms with Crippen LogP contribution in [0, 0.1) is 0 Å². The molecule has 1 N–H and O–H groups in total. The number of rotatable bonds is 6. The van der Waals surface area contributed by atoms with Gasteiger partial charge in [-0.15, -0.1) is 0 Å². The van der Waals surface area contributed by atoms with E-state index in [0.717, 1.165) is 12.8 Å². The van der Waals surface area contributed by atoms with Crippen LogP contribution in [0.1, 0.15) is 57.8 Å². The zero-order chi connectivity index (χ0) is 19.5. The van der Waals surface area contributed by atoms with Crippen LogP contribution in [-0.4, -0.2) is 49.5 Å². The molecule has 0 saturated carbocycles. The average molecular weight is 383 g/mol. The van der Waals surface area contributed by atoms with Gasteiger partial charge in [-0.1, -0.05) is 19.4 Å². The number of hydrogen-bond donors (Lipinski definition) is 1. The highest BCUT2D eigenvalue weighted by atomic mass is 32.2. The Kier molecular flexibility index (Phi) is 6.47. The molecule has 2 unspecified atom stereocenters. The zero-order valence-electron chi connectivity index (χ0n) is 16.3. The molecule has 2 rings (SSSR count). The van der Waals surface area contributed by atoms with E-state index in [1.807, 2.05) is 27.7 Å². The van der Waals surface area contributed by atoms with Crippen LogP contribution in [0.15, 0.2) is 29.2 Å². The Hall–Kier alpha value is -1.44. The maximum atomic E-state index is 13.0. The van der Waals surface area contributed by atoms with Crippen LogP contribution in [0.25, 0.3) is 0 Å². The molecule has 1 fully saturated rings. The minimum Gasteiger partial charge on any atom is -0.373 e. The summed E-state index contributed by atoms with van der Waals surface area (Å²) < 4.78 is 33.0. The summed E-state index contributed by atoms with van der Waals surface area (Å²) in [5.41, 5.74) is 0.0140. The van der Waals surface area contributed by atoms with E-state index in [1.54, 1.807) is 12.1 Å². The number of nitrogens with one attached hydrogen (secondary N) is 1. The van der Waals surface area contributed by atoms with Crippen LogP contribution in [0.5, 0.6) is 0 Å². The lowest BCUT2D eigenvalue weighted by molar-refractivity contribution is -0.0440. The molecule has 1 aromatic carbocycles. The van der Waals surface area contributed by atoms with E-state index in [9.17, 15) is 13.2 Å². The molecule has 6 nitrogen and oxygen atoms in total. The van der Waals surface area contributed by atoms with E-state index >= 15 is 0 Å². The van der Waals surface area contributed by atoms with Crippen LogP contribution < -0.4 is 5.32 Å². The van der Waals surface area contributed by atoms with E-state index in [1.165, 1.54) is 16.4 Å². The molecule has 1 aliphatic rings. The fourth-order valence-corrected chi connectivity index (χ4v) is 4.98. The van der Waals surface area contributed by atoms with Gasteiger partial charge >= 0.3 is 0 Å². The van der Waals surface area contributed by atoms with Gasteiger partial charge in [0.25, 0.3) is 5.91 Å². The Balaban J connectivity index is 2.24. The predicted molar refractivity (Wildman–Crippen MR) is 102 cm³/mol. The molecule has 26 heavy (non-hydrogen) atoms. The topological polar surface area (TPSA) is 75.7 Å². The van der Waals surface area contributed by atoms with Gasteiger partial charge in [0.2, 0.25) is 10.0 Å². The molecule has 1 aliphatic heterocycles. The van der Waals surface area contributed by atoms with Gasteiger partial charge in [0.05, 0.1) is 17.1 Å². The highest BCUT2D eigenvalue weighted by molar-refractivity contribution is 7.89. The molecule has 7 heteroatoms. The molecule has 1 aromatic rings. The second-order valence-electron chi connectivity index (χ2n) is 7.70. The fourth-order valence-electron chi connectivity index (χ4n) is 3.34. The number of sulfonamides is 1. The number of carbonyl (C=O) groups is 1. The first-order chi connectivity index (χ1) is 12.0. The number of carbonyl (C=O) groups excluding carboxylic acids is 1. The number of amides is 1. The second-order valence-corrected chi connectivity index (χ2v) is 9.63. The van der Waals surface area contributed by atoms with Gasteiger partial charge in [0.15, 0.2) is 0 Å². The Morgan fingerprint density at radius 2 is 1.88 bits per heavy atom. The number of benzene rings is 1. The molecule has 2 atom stereocenters. The van der Waals surface area contributed by atoms with E-state index in [4.69, 9.17) is 4.74 Å². The molecule has 0 radical (unpaired) electrons. The fraction of sp³-hybridized carbons (Fsp3) is 0.632. The van der Waals surface area contributed by atoms with Gasteiger partial charge in [-0.3, -0.25) is 4.79 Å². The predicted octanol–water partition coefficient (Wildman–Crippen LogP) is 2.79. The van der Waals surface area contributed by atoms with Crippen LogP contribution in [0.4, 0.5) is 0 Å². The molecule has 0 spiro atoms. The average Bonchev–Trinajstić information content (AvgIpc) is 2.53. The molecular formula is C19H30N2O4S. The molecule has 0 bridgehead atoms. The van der Waals surface area contributed by atoms with Crippen molar-refractivity contribution in [1.82, 2.24) is 9.62 Å². The lowest BCUT2D eigenvalue weighted by atomic mass is 9.98. The summed E-state index contributed by atoms with van der Waals surface area (Å²) in [5.74, 6) is -0.260. The minimum absolute atomic E-state index is 0.139. The third-order valence-corrected chi connectivity index (χ3v) is 6.27. The Morgan fingerprint density at radius 3 is 2.46 bits per heavy atom. The van der Waals surface area contributed by atoms with Crippen molar-refractivity contribution in [3.8, 4) is 0 Å². The maximum Gasteiger partial charge on any atom is 0.251 e.